The molecule has 56 valence electrons. The van der Waals surface area contributed by atoms with Gasteiger partial charge in [0.1, 0.15) is 0 Å². The SMILES string of the molecule is CCn1c(C)c(C)sc1=S. The van der Waals surface area contributed by atoms with Crippen molar-refractivity contribution in [2.75, 3.05) is 0 Å². The zero-order valence-corrected chi connectivity index (χ0v) is 8.10. The molecule has 1 nitrogen and oxygen atoms in total. The second-order valence-electron chi connectivity index (χ2n) is 2.25. The quantitative estimate of drug-likeness (QED) is 0.591. The van der Waals surface area contributed by atoms with Crippen LogP contribution in [0.25, 0.3) is 0 Å². The van der Waals surface area contributed by atoms with Crippen molar-refractivity contribution < 1.29 is 0 Å². The highest BCUT2D eigenvalue weighted by Gasteiger charge is 2.00. The molecule has 1 aromatic heterocycles. The van der Waals surface area contributed by atoms with Gasteiger partial charge in [0.05, 0.1) is 0 Å². The van der Waals surface area contributed by atoms with Crippen LogP contribution in [0.1, 0.15) is 17.5 Å². The van der Waals surface area contributed by atoms with E-state index >= 15 is 0 Å². The molecule has 0 radical (unpaired) electrons. The number of hydrogen-bond donors (Lipinski definition) is 0. The Morgan fingerprint density at radius 2 is 2.10 bits per heavy atom. The summed E-state index contributed by atoms with van der Waals surface area (Å²) in [6, 6.07) is 0. The molecule has 0 amide bonds. The summed E-state index contributed by atoms with van der Waals surface area (Å²) in [5.41, 5.74) is 1.32. The standard InChI is InChI=1S/C7H11NS2/c1-4-8-5(2)6(3)10-7(8)9/h4H2,1-3H3. The minimum absolute atomic E-state index is 0.995. The van der Waals surface area contributed by atoms with E-state index in [9.17, 15) is 0 Å². The Morgan fingerprint density at radius 3 is 2.30 bits per heavy atom. The molecule has 0 saturated carbocycles. The summed E-state index contributed by atoms with van der Waals surface area (Å²) < 4.78 is 3.16. The lowest BCUT2D eigenvalue weighted by atomic mass is 10.4. The van der Waals surface area contributed by atoms with Crippen LogP contribution < -0.4 is 0 Å². The molecule has 1 heterocycles. The Morgan fingerprint density at radius 1 is 1.50 bits per heavy atom. The minimum Gasteiger partial charge on any atom is -0.328 e. The van der Waals surface area contributed by atoms with Crippen LogP contribution in [0.2, 0.25) is 0 Å². The molecule has 0 aliphatic heterocycles. The fraction of sp³-hybridized carbons (Fsp3) is 0.571. The van der Waals surface area contributed by atoms with Gasteiger partial charge in [0.25, 0.3) is 0 Å². The summed E-state index contributed by atoms with van der Waals surface area (Å²) in [6.45, 7) is 7.34. The molecule has 3 heteroatoms. The molecule has 0 unspecified atom stereocenters. The molecule has 1 rings (SSSR count). The zero-order valence-electron chi connectivity index (χ0n) is 6.47. The molecule has 10 heavy (non-hydrogen) atoms. The summed E-state index contributed by atoms with van der Waals surface area (Å²) >= 11 is 6.84. The molecule has 0 spiro atoms. The first kappa shape index (κ1) is 7.95. The van der Waals surface area contributed by atoms with Crippen LogP contribution >= 0.6 is 23.6 Å². The Labute approximate surface area is 70.3 Å². The Balaban J connectivity index is 3.34. The van der Waals surface area contributed by atoms with Gasteiger partial charge >= 0.3 is 0 Å². The average Bonchev–Trinajstić information content (AvgIpc) is 2.09. The van der Waals surface area contributed by atoms with E-state index in [4.69, 9.17) is 12.2 Å². The van der Waals surface area contributed by atoms with Crippen molar-refractivity contribution in [3.8, 4) is 0 Å². The van der Waals surface area contributed by atoms with Crippen LogP contribution in [-0.2, 0) is 6.54 Å². The van der Waals surface area contributed by atoms with Gasteiger partial charge in [-0.1, -0.05) is 0 Å². The predicted octanol–water partition coefficient (Wildman–Crippen LogP) is 2.92. The van der Waals surface area contributed by atoms with E-state index in [-0.39, 0.29) is 0 Å². The molecule has 0 aliphatic rings. The van der Waals surface area contributed by atoms with Crippen molar-refractivity contribution in [3.63, 3.8) is 0 Å². The number of nitrogens with zero attached hydrogens (tertiary/aromatic N) is 1. The molecular weight excluding hydrogens is 162 g/mol. The van der Waals surface area contributed by atoms with E-state index in [0.29, 0.717) is 0 Å². The maximum Gasteiger partial charge on any atom is 0.161 e. The third-order valence-electron chi connectivity index (χ3n) is 1.69. The highest BCUT2D eigenvalue weighted by molar-refractivity contribution is 7.73. The van der Waals surface area contributed by atoms with Gasteiger partial charge in [0.2, 0.25) is 0 Å². The van der Waals surface area contributed by atoms with Gasteiger partial charge in [-0.2, -0.15) is 0 Å². The van der Waals surface area contributed by atoms with Gasteiger partial charge in [-0.3, -0.25) is 0 Å². The first-order valence-electron chi connectivity index (χ1n) is 3.33. The lowest BCUT2D eigenvalue weighted by Crippen LogP contribution is -1.95. The van der Waals surface area contributed by atoms with E-state index in [1.165, 1.54) is 10.6 Å². The maximum atomic E-state index is 5.14. The Kier molecular flexibility index (Phi) is 2.26. The smallest absolute Gasteiger partial charge is 0.161 e. The van der Waals surface area contributed by atoms with Gasteiger partial charge in [0.15, 0.2) is 3.95 Å². The highest BCUT2D eigenvalue weighted by Crippen LogP contribution is 2.16. The summed E-state index contributed by atoms with van der Waals surface area (Å²) in [7, 11) is 0. The Hall–Kier alpha value is -0.150. The molecule has 0 atom stereocenters. The molecule has 0 N–H and O–H groups in total. The van der Waals surface area contributed by atoms with Gasteiger partial charge < -0.3 is 4.57 Å². The van der Waals surface area contributed by atoms with Gasteiger partial charge in [-0.15, -0.1) is 11.3 Å². The van der Waals surface area contributed by atoms with Crippen LogP contribution in [0.3, 0.4) is 0 Å². The normalized spacial score (nSPS) is 10.3. The lowest BCUT2D eigenvalue weighted by molar-refractivity contribution is 0.734. The van der Waals surface area contributed by atoms with E-state index < -0.39 is 0 Å². The van der Waals surface area contributed by atoms with Crippen LogP contribution in [0, 0.1) is 17.8 Å². The second-order valence-corrected chi connectivity index (χ2v) is 4.10. The first-order chi connectivity index (χ1) is 4.66. The number of rotatable bonds is 1. The third kappa shape index (κ3) is 1.16. The minimum atomic E-state index is 0.995. The van der Waals surface area contributed by atoms with Crippen molar-refractivity contribution in [2.24, 2.45) is 0 Å². The third-order valence-corrected chi connectivity index (χ3v) is 3.16. The van der Waals surface area contributed by atoms with E-state index in [2.05, 4.69) is 25.3 Å². The lowest BCUT2D eigenvalue weighted by Gasteiger charge is -1.98. The summed E-state index contributed by atoms with van der Waals surface area (Å²) in [5.74, 6) is 0. The van der Waals surface area contributed by atoms with Crippen molar-refractivity contribution in [3.05, 3.63) is 14.5 Å². The highest BCUT2D eigenvalue weighted by atomic mass is 32.1. The van der Waals surface area contributed by atoms with E-state index in [0.717, 1.165) is 10.5 Å². The van der Waals surface area contributed by atoms with Crippen LogP contribution in [0.5, 0.6) is 0 Å². The molecule has 1 aromatic rings. The van der Waals surface area contributed by atoms with Crippen molar-refractivity contribution in [2.45, 2.75) is 27.3 Å². The van der Waals surface area contributed by atoms with Gasteiger partial charge in [0, 0.05) is 17.1 Å². The van der Waals surface area contributed by atoms with Gasteiger partial charge in [-0.05, 0) is 33.0 Å². The van der Waals surface area contributed by atoms with Crippen LogP contribution in [0.15, 0.2) is 0 Å². The molecule has 0 saturated heterocycles. The summed E-state index contributed by atoms with van der Waals surface area (Å²) in [5, 5.41) is 0. The van der Waals surface area contributed by atoms with Crippen molar-refractivity contribution in [1.82, 2.24) is 4.57 Å². The molecule has 0 aromatic carbocycles. The molecular formula is C7H11NS2. The van der Waals surface area contributed by atoms with Crippen molar-refractivity contribution >= 4 is 23.6 Å². The zero-order chi connectivity index (χ0) is 7.72. The van der Waals surface area contributed by atoms with E-state index in [1.54, 1.807) is 11.3 Å². The largest absolute Gasteiger partial charge is 0.328 e. The molecule has 0 bridgehead atoms. The number of hydrogen-bond acceptors (Lipinski definition) is 2. The number of aryl methyl sites for hydroxylation is 1. The topological polar surface area (TPSA) is 4.93 Å². The summed E-state index contributed by atoms with van der Waals surface area (Å²) in [4.78, 5) is 1.34. The van der Waals surface area contributed by atoms with Crippen molar-refractivity contribution in [1.29, 1.82) is 0 Å². The summed E-state index contributed by atoms with van der Waals surface area (Å²) in [6.07, 6.45) is 0. The van der Waals surface area contributed by atoms with E-state index in [1.807, 2.05) is 0 Å². The monoisotopic (exact) mass is 173 g/mol. The Bertz CT molecular complexity index is 282. The first-order valence-corrected chi connectivity index (χ1v) is 4.56. The number of aromatic nitrogens is 1. The second kappa shape index (κ2) is 2.84. The van der Waals surface area contributed by atoms with Crippen LogP contribution in [0.4, 0.5) is 0 Å². The fourth-order valence-electron chi connectivity index (χ4n) is 0.953. The number of thiazole rings is 1. The van der Waals surface area contributed by atoms with Gasteiger partial charge in [-0.25, -0.2) is 0 Å². The molecule has 0 aliphatic carbocycles. The predicted molar refractivity (Wildman–Crippen MR) is 48.3 cm³/mol. The fourth-order valence-corrected chi connectivity index (χ4v) is 2.49. The molecule has 0 fully saturated rings. The maximum absolute atomic E-state index is 5.14. The average molecular weight is 173 g/mol. The van der Waals surface area contributed by atoms with Crippen LogP contribution in [-0.4, -0.2) is 4.57 Å².